The summed E-state index contributed by atoms with van der Waals surface area (Å²) >= 11 is 1.42. The maximum Gasteiger partial charge on any atom is 0.264 e. The minimum Gasteiger partial charge on any atom is -0.494 e. The number of carbonyl (C=O) groups is 1. The maximum atomic E-state index is 13.7. The van der Waals surface area contributed by atoms with Crippen LogP contribution in [0, 0.1) is 0 Å². The van der Waals surface area contributed by atoms with E-state index in [1.165, 1.54) is 18.4 Å². The third-order valence-electron chi connectivity index (χ3n) is 4.76. The van der Waals surface area contributed by atoms with Crippen molar-refractivity contribution in [2.75, 3.05) is 26.2 Å². The molecule has 0 fully saturated rings. The molecular weight excluding hydrogens is 414 g/mol. The van der Waals surface area contributed by atoms with Crippen molar-refractivity contribution in [1.82, 2.24) is 9.97 Å². The fraction of sp³-hybridized carbons (Fsp3) is 0.174. The zero-order valence-electron chi connectivity index (χ0n) is 17.4. The summed E-state index contributed by atoms with van der Waals surface area (Å²) in [6.07, 6.45) is 3.43. The summed E-state index contributed by atoms with van der Waals surface area (Å²) in [5.74, 6) is 1.27. The first-order valence-corrected chi connectivity index (χ1v) is 10.3. The van der Waals surface area contributed by atoms with Crippen LogP contribution < -0.4 is 19.1 Å². The van der Waals surface area contributed by atoms with Crippen LogP contribution in [-0.4, -0.2) is 37.2 Å². The number of hydrogen-bond acceptors (Lipinski definition) is 7. The summed E-state index contributed by atoms with van der Waals surface area (Å²) in [6.45, 7) is 0.301. The Morgan fingerprint density at radius 1 is 0.968 bits per heavy atom. The van der Waals surface area contributed by atoms with Crippen LogP contribution >= 0.6 is 11.3 Å². The van der Waals surface area contributed by atoms with Gasteiger partial charge < -0.3 is 14.2 Å². The Kier molecular flexibility index (Phi) is 5.99. The standard InChI is InChI=1S/C23H21N3O4S/c1-28-17-9-5-11-19-20(17)25-23(31-19)26(14-15-7-6-12-24-13-15)22(27)16-8-4-10-18(29-2)21(16)30-3/h4-13H,14H2,1-3H3. The fourth-order valence-corrected chi connectivity index (χ4v) is 4.27. The number of thiazole rings is 1. The number of pyridine rings is 1. The monoisotopic (exact) mass is 435 g/mol. The van der Waals surface area contributed by atoms with E-state index in [4.69, 9.17) is 19.2 Å². The molecule has 0 radical (unpaired) electrons. The molecule has 4 rings (SSSR count). The number of fused-ring (bicyclic) bond motifs is 1. The normalized spacial score (nSPS) is 10.7. The van der Waals surface area contributed by atoms with Gasteiger partial charge in [-0.15, -0.1) is 0 Å². The third kappa shape index (κ3) is 4.02. The number of ether oxygens (including phenoxy) is 3. The number of nitrogens with zero attached hydrogens (tertiary/aromatic N) is 3. The summed E-state index contributed by atoms with van der Waals surface area (Å²) < 4.78 is 17.2. The Bertz CT molecular complexity index is 1210. The van der Waals surface area contributed by atoms with Gasteiger partial charge in [0.25, 0.3) is 5.91 Å². The SMILES string of the molecule is COc1cccc(C(=O)N(Cc2cccnc2)c2nc3c(OC)cccc3s2)c1OC. The van der Waals surface area contributed by atoms with Crippen LogP contribution in [-0.2, 0) is 6.54 Å². The van der Waals surface area contributed by atoms with Gasteiger partial charge >= 0.3 is 0 Å². The molecule has 0 N–H and O–H groups in total. The molecule has 0 saturated heterocycles. The molecule has 0 saturated carbocycles. The molecule has 0 atom stereocenters. The van der Waals surface area contributed by atoms with Crippen molar-refractivity contribution < 1.29 is 19.0 Å². The maximum absolute atomic E-state index is 13.7. The first kappa shape index (κ1) is 20.6. The summed E-state index contributed by atoms with van der Waals surface area (Å²) in [4.78, 5) is 24.3. The summed E-state index contributed by atoms with van der Waals surface area (Å²) in [5, 5.41) is 0.554. The van der Waals surface area contributed by atoms with Crippen LogP contribution in [0.3, 0.4) is 0 Å². The second-order valence-corrected chi connectivity index (χ2v) is 7.61. The predicted molar refractivity (Wildman–Crippen MR) is 120 cm³/mol. The number of amides is 1. The molecule has 0 spiro atoms. The van der Waals surface area contributed by atoms with E-state index in [1.807, 2.05) is 30.3 Å². The smallest absolute Gasteiger partial charge is 0.264 e. The van der Waals surface area contributed by atoms with Gasteiger partial charge in [0.2, 0.25) is 0 Å². The van der Waals surface area contributed by atoms with Gasteiger partial charge in [0.15, 0.2) is 16.6 Å². The lowest BCUT2D eigenvalue weighted by Gasteiger charge is -2.21. The minimum absolute atomic E-state index is 0.252. The second-order valence-electron chi connectivity index (χ2n) is 6.60. The van der Waals surface area contributed by atoms with E-state index < -0.39 is 0 Å². The number of rotatable bonds is 7. The van der Waals surface area contributed by atoms with Crippen LogP contribution in [0.15, 0.2) is 60.9 Å². The van der Waals surface area contributed by atoms with E-state index in [2.05, 4.69) is 4.98 Å². The summed E-state index contributed by atoms with van der Waals surface area (Å²) in [7, 11) is 4.66. The number of para-hydroxylation sites is 2. The minimum atomic E-state index is -0.252. The Balaban J connectivity index is 1.83. The largest absolute Gasteiger partial charge is 0.494 e. The third-order valence-corrected chi connectivity index (χ3v) is 5.81. The zero-order valence-corrected chi connectivity index (χ0v) is 18.2. The van der Waals surface area contributed by atoms with Gasteiger partial charge in [0.1, 0.15) is 11.3 Å². The van der Waals surface area contributed by atoms with Crippen LogP contribution in [0.2, 0.25) is 0 Å². The fourth-order valence-electron chi connectivity index (χ4n) is 3.29. The average molecular weight is 436 g/mol. The molecule has 8 heteroatoms. The highest BCUT2D eigenvalue weighted by molar-refractivity contribution is 7.22. The van der Waals surface area contributed by atoms with Gasteiger partial charge in [-0.25, -0.2) is 4.98 Å². The predicted octanol–water partition coefficient (Wildman–Crippen LogP) is 4.56. The Morgan fingerprint density at radius 2 is 1.74 bits per heavy atom. The van der Waals surface area contributed by atoms with Gasteiger partial charge in [0, 0.05) is 12.4 Å². The van der Waals surface area contributed by atoms with E-state index >= 15 is 0 Å². The van der Waals surface area contributed by atoms with Gasteiger partial charge in [-0.1, -0.05) is 29.5 Å². The number of carbonyl (C=O) groups excluding carboxylic acids is 1. The van der Waals surface area contributed by atoms with Crippen molar-refractivity contribution >= 4 is 32.6 Å². The Morgan fingerprint density at radius 3 is 2.45 bits per heavy atom. The number of methoxy groups -OCH3 is 3. The van der Waals surface area contributed by atoms with E-state index in [9.17, 15) is 4.79 Å². The first-order chi connectivity index (χ1) is 15.2. The topological polar surface area (TPSA) is 73.8 Å². The molecule has 0 unspecified atom stereocenters. The molecule has 7 nitrogen and oxygen atoms in total. The van der Waals surface area contributed by atoms with Crippen LogP contribution in [0.25, 0.3) is 10.2 Å². The van der Waals surface area contributed by atoms with Crippen molar-refractivity contribution in [2.24, 2.45) is 0 Å². The van der Waals surface area contributed by atoms with Crippen molar-refractivity contribution in [2.45, 2.75) is 6.54 Å². The average Bonchev–Trinajstić information content (AvgIpc) is 3.26. The first-order valence-electron chi connectivity index (χ1n) is 9.51. The summed E-state index contributed by atoms with van der Waals surface area (Å²) in [6, 6.07) is 14.7. The quantitative estimate of drug-likeness (QED) is 0.424. The zero-order chi connectivity index (χ0) is 21.8. The van der Waals surface area contributed by atoms with Gasteiger partial charge in [0.05, 0.1) is 38.1 Å². The molecule has 2 aromatic carbocycles. The summed E-state index contributed by atoms with van der Waals surface area (Å²) in [5.41, 5.74) is 1.98. The Hall–Kier alpha value is -3.65. The van der Waals surface area contributed by atoms with Crippen molar-refractivity contribution in [3.05, 3.63) is 72.1 Å². The lowest BCUT2D eigenvalue weighted by atomic mass is 10.1. The number of aromatic nitrogens is 2. The molecule has 31 heavy (non-hydrogen) atoms. The van der Waals surface area contributed by atoms with E-state index in [1.54, 1.807) is 49.7 Å². The molecule has 0 aliphatic carbocycles. The highest BCUT2D eigenvalue weighted by Gasteiger charge is 2.26. The van der Waals surface area contributed by atoms with E-state index in [-0.39, 0.29) is 5.91 Å². The van der Waals surface area contributed by atoms with Gasteiger partial charge in [-0.05, 0) is 35.9 Å². The van der Waals surface area contributed by atoms with Crippen molar-refractivity contribution in [3.8, 4) is 17.2 Å². The Labute approximate surface area is 183 Å². The van der Waals surface area contributed by atoms with Crippen molar-refractivity contribution in [3.63, 3.8) is 0 Å². The van der Waals surface area contributed by atoms with Crippen LogP contribution in [0.1, 0.15) is 15.9 Å². The highest BCUT2D eigenvalue weighted by atomic mass is 32.1. The number of hydrogen-bond donors (Lipinski definition) is 0. The lowest BCUT2D eigenvalue weighted by Crippen LogP contribution is -2.30. The molecule has 2 aromatic heterocycles. The number of anilines is 1. The van der Waals surface area contributed by atoms with Crippen LogP contribution in [0.4, 0.5) is 5.13 Å². The second kappa shape index (κ2) is 9.01. The molecule has 0 aliphatic rings. The molecule has 4 aromatic rings. The molecule has 1 amide bonds. The highest BCUT2D eigenvalue weighted by Crippen LogP contribution is 2.37. The van der Waals surface area contributed by atoms with E-state index in [0.29, 0.717) is 40.0 Å². The number of benzene rings is 2. The molecule has 2 heterocycles. The van der Waals surface area contributed by atoms with Crippen LogP contribution in [0.5, 0.6) is 17.2 Å². The molecular formula is C23H21N3O4S. The molecule has 158 valence electrons. The van der Waals surface area contributed by atoms with Crippen molar-refractivity contribution in [1.29, 1.82) is 0 Å². The molecule has 0 aliphatic heterocycles. The van der Waals surface area contributed by atoms with E-state index in [0.717, 1.165) is 10.3 Å². The van der Waals surface area contributed by atoms with Gasteiger partial charge in [-0.2, -0.15) is 0 Å². The lowest BCUT2D eigenvalue weighted by molar-refractivity contribution is 0.0981. The molecule has 0 bridgehead atoms. The van der Waals surface area contributed by atoms with Gasteiger partial charge in [-0.3, -0.25) is 14.7 Å².